The molecule has 22 heavy (non-hydrogen) atoms. The number of carbonyl (C=O) groups excluding carboxylic acids is 2. The second kappa shape index (κ2) is 7.56. The maximum atomic E-state index is 12.0. The topological polar surface area (TPSA) is 71.1 Å². The summed E-state index contributed by atoms with van der Waals surface area (Å²) in [6.07, 6.45) is 1.66. The minimum Gasteiger partial charge on any atom is -0.349 e. The Hall–Kier alpha value is -2.40. The Kier molecular flexibility index (Phi) is 5.49. The van der Waals surface area contributed by atoms with E-state index in [1.54, 1.807) is 37.4 Å². The van der Waals surface area contributed by atoms with Crippen LogP contribution >= 0.6 is 11.6 Å². The highest BCUT2D eigenvalue weighted by molar-refractivity contribution is 6.31. The first-order chi connectivity index (χ1) is 10.6. The molecule has 0 saturated heterocycles. The summed E-state index contributed by atoms with van der Waals surface area (Å²) in [4.78, 5) is 27.9. The lowest BCUT2D eigenvalue weighted by atomic mass is 10.1. The summed E-state index contributed by atoms with van der Waals surface area (Å²) in [5.41, 5.74) is 1.91. The van der Waals surface area contributed by atoms with Gasteiger partial charge in [-0.25, -0.2) is 0 Å². The average molecular weight is 318 g/mol. The maximum Gasteiger partial charge on any atom is 0.252 e. The van der Waals surface area contributed by atoms with Crippen LogP contribution in [0.25, 0.3) is 0 Å². The summed E-state index contributed by atoms with van der Waals surface area (Å²) < 4.78 is 0. The molecule has 0 unspecified atom stereocenters. The van der Waals surface area contributed by atoms with Crippen LogP contribution in [-0.4, -0.2) is 23.3 Å². The number of nitrogens with one attached hydrogen (secondary N) is 2. The number of hydrogen-bond acceptors (Lipinski definition) is 3. The van der Waals surface area contributed by atoms with Gasteiger partial charge in [-0.1, -0.05) is 23.7 Å². The van der Waals surface area contributed by atoms with Crippen molar-refractivity contribution in [2.45, 2.75) is 13.5 Å². The number of carbonyl (C=O) groups is 2. The van der Waals surface area contributed by atoms with Gasteiger partial charge < -0.3 is 10.6 Å². The van der Waals surface area contributed by atoms with Gasteiger partial charge in [0.05, 0.1) is 18.8 Å². The minimum atomic E-state index is -0.326. The van der Waals surface area contributed by atoms with Crippen molar-refractivity contribution in [2.24, 2.45) is 0 Å². The Balaban J connectivity index is 1.83. The molecule has 0 bridgehead atoms. The number of aromatic nitrogens is 1. The first kappa shape index (κ1) is 16.0. The molecule has 0 aliphatic carbocycles. The van der Waals surface area contributed by atoms with Gasteiger partial charge in [-0.2, -0.15) is 0 Å². The first-order valence-electron chi connectivity index (χ1n) is 6.78. The molecule has 2 N–H and O–H groups in total. The minimum absolute atomic E-state index is 0.0996. The third-order valence-electron chi connectivity index (χ3n) is 3.11. The van der Waals surface area contributed by atoms with E-state index in [1.165, 1.54) is 0 Å². The molecule has 0 aliphatic heterocycles. The lowest BCUT2D eigenvalue weighted by Crippen LogP contribution is -2.37. The van der Waals surface area contributed by atoms with Crippen molar-refractivity contribution < 1.29 is 9.59 Å². The number of hydrogen-bond donors (Lipinski definition) is 2. The number of amides is 2. The second-order valence-electron chi connectivity index (χ2n) is 4.69. The number of pyridine rings is 1. The molecule has 0 spiro atoms. The highest BCUT2D eigenvalue weighted by Gasteiger charge is 2.12. The van der Waals surface area contributed by atoms with Crippen LogP contribution < -0.4 is 10.6 Å². The first-order valence-corrected chi connectivity index (χ1v) is 7.15. The molecule has 114 valence electrons. The summed E-state index contributed by atoms with van der Waals surface area (Å²) in [7, 11) is 0. The standard InChI is InChI=1S/C16H16ClN3O2/c1-11-13(6-4-7-14(11)17)16(22)20-10-15(21)19-9-12-5-2-3-8-18-12/h2-8H,9-10H2,1H3,(H,19,21)(H,20,22). The monoisotopic (exact) mass is 317 g/mol. The van der Waals surface area contributed by atoms with Crippen LogP contribution in [0.4, 0.5) is 0 Å². The van der Waals surface area contributed by atoms with Crippen molar-refractivity contribution in [3.05, 3.63) is 64.4 Å². The normalized spacial score (nSPS) is 10.1. The van der Waals surface area contributed by atoms with Gasteiger partial charge in [0.15, 0.2) is 0 Å². The SMILES string of the molecule is Cc1c(Cl)cccc1C(=O)NCC(=O)NCc1ccccn1. The molecule has 1 heterocycles. The van der Waals surface area contributed by atoms with Gasteiger partial charge >= 0.3 is 0 Å². The van der Waals surface area contributed by atoms with Crippen LogP contribution in [-0.2, 0) is 11.3 Å². The van der Waals surface area contributed by atoms with E-state index in [9.17, 15) is 9.59 Å². The molecule has 1 aromatic carbocycles. The number of rotatable bonds is 5. The van der Waals surface area contributed by atoms with Crippen molar-refractivity contribution >= 4 is 23.4 Å². The Morgan fingerprint density at radius 1 is 1.14 bits per heavy atom. The molecular weight excluding hydrogens is 302 g/mol. The van der Waals surface area contributed by atoms with E-state index in [2.05, 4.69) is 15.6 Å². The lowest BCUT2D eigenvalue weighted by Gasteiger charge is -2.09. The lowest BCUT2D eigenvalue weighted by molar-refractivity contribution is -0.120. The van der Waals surface area contributed by atoms with Crippen LogP contribution in [0.15, 0.2) is 42.6 Å². The average Bonchev–Trinajstić information content (AvgIpc) is 2.54. The van der Waals surface area contributed by atoms with Gasteiger partial charge in [-0.15, -0.1) is 0 Å². The molecular formula is C16H16ClN3O2. The molecule has 2 aromatic rings. The molecule has 0 aliphatic rings. The third-order valence-corrected chi connectivity index (χ3v) is 3.52. The second-order valence-corrected chi connectivity index (χ2v) is 5.10. The summed E-state index contributed by atoms with van der Waals surface area (Å²) in [5.74, 6) is -0.605. The number of halogens is 1. The van der Waals surface area contributed by atoms with Gasteiger partial charge in [0.2, 0.25) is 5.91 Å². The zero-order valence-corrected chi connectivity index (χ0v) is 12.9. The molecule has 2 rings (SSSR count). The fourth-order valence-electron chi connectivity index (χ4n) is 1.86. The van der Waals surface area contributed by atoms with Gasteiger partial charge in [0, 0.05) is 16.8 Å². The highest BCUT2D eigenvalue weighted by Crippen LogP contribution is 2.18. The Morgan fingerprint density at radius 3 is 2.68 bits per heavy atom. The summed E-state index contributed by atoms with van der Waals surface area (Å²) in [6.45, 7) is 1.99. The largest absolute Gasteiger partial charge is 0.349 e. The summed E-state index contributed by atoms with van der Waals surface area (Å²) in [5, 5.41) is 5.78. The van der Waals surface area contributed by atoms with Crippen molar-refractivity contribution in [1.82, 2.24) is 15.6 Å². The smallest absolute Gasteiger partial charge is 0.252 e. The van der Waals surface area contributed by atoms with Gasteiger partial charge in [-0.05, 0) is 36.8 Å². The fraction of sp³-hybridized carbons (Fsp3) is 0.188. The molecule has 0 atom stereocenters. The fourth-order valence-corrected chi connectivity index (χ4v) is 2.04. The van der Waals surface area contributed by atoms with E-state index >= 15 is 0 Å². The van der Waals surface area contributed by atoms with E-state index < -0.39 is 0 Å². The molecule has 1 aromatic heterocycles. The van der Waals surface area contributed by atoms with E-state index in [0.29, 0.717) is 22.7 Å². The zero-order valence-electron chi connectivity index (χ0n) is 12.1. The highest BCUT2D eigenvalue weighted by atomic mass is 35.5. The van der Waals surface area contributed by atoms with Crippen molar-refractivity contribution in [1.29, 1.82) is 0 Å². The van der Waals surface area contributed by atoms with Crippen molar-refractivity contribution in [2.75, 3.05) is 6.54 Å². The molecule has 0 fully saturated rings. The van der Waals surface area contributed by atoms with Crippen molar-refractivity contribution in [3.63, 3.8) is 0 Å². The van der Waals surface area contributed by atoms with Crippen LogP contribution in [0.1, 0.15) is 21.6 Å². The summed E-state index contributed by atoms with van der Waals surface area (Å²) >= 11 is 5.97. The van der Waals surface area contributed by atoms with Crippen LogP contribution in [0, 0.1) is 6.92 Å². The Bertz CT molecular complexity index is 674. The van der Waals surface area contributed by atoms with Gasteiger partial charge in [-0.3, -0.25) is 14.6 Å². The third kappa shape index (κ3) is 4.30. The van der Waals surface area contributed by atoms with Crippen LogP contribution in [0.5, 0.6) is 0 Å². The predicted molar refractivity (Wildman–Crippen MR) is 84.6 cm³/mol. The number of benzene rings is 1. The Labute approximate surface area is 133 Å². The van der Waals surface area contributed by atoms with Gasteiger partial charge in [0.25, 0.3) is 5.91 Å². The molecule has 5 nitrogen and oxygen atoms in total. The predicted octanol–water partition coefficient (Wildman–Crippen LogP) is 2.09. The van der Waals surface area contributed by atoms with Crippen LogP contribution in [0.3, 0.4) is 0 Å². The molecule has 6 heteroatoms. The van der Waals surface area contributed by atoms with E-state index in [1.807, 2.05) is 12.1 Å². The zero-order chi connectivity index (χ0) is 15.9. The van der Waals surface area contributed by atoms with Gasteiger partial charge in [0.1, 0.15) is 0 Å². The molecule has 0 radical (unpaired) electrons. The Morgan fingerprint density at radius 2 is 1.95 bits per heavy atom. The van der Waals surface area contributed by atoms with E-state index in [0.717, 1.165) is 5.69 Å². The number of nitrogens with zero attached hydrogens (tertiary/aromatic N) is 1. The maximum absolute atomic E-state index is 12.0. The van der Waals surface area contributed by atoms with E-state index in [-0.39, 0.29) is 18.4 Å². The van der Waals surface area contributed by atoms with E-state index in [4.69, 9.17) is 11.6 Å². The van der Waals surface area contributed by atoms with Crippen molar-refractivity contribution in [3.8, 4) is 0 Å². The van der Waals surface area contributed by atoms with Crippen LogP contribution in [0.2, 0.25) is 5.02 Å². The molecule has 2 amide bonds. The quantitative estimate of drug-likeness (QED) is 0.887. The summed E-state index contributed by atoms with van der Waals surface area (Å²) in [6, 6.07) is 10.5. The molecule has 0 saturated carbocycles.